The maximum Gasteiger partial charge on any atom is 0.0796 e. The summed E-state index contributed by atoms with van der Waals surface area (Å²) in [7, 11) is 0. The average molecular weight is 174 g/mol. The molecular weight excluding hydrogens is 160 g/mol. The fourth-order valence-electron chi connectivity index (χ4n) is 2.05. The van der Waals surface area contributed by atoms with Crippen molar-refractivity contribution in [3.63, 3.8) is 0 Å². The van der Waals surface area contributed by atoms with E-state index >= 15 is 0 Å². The normalized spacial score (nSPS) is 19.9. The Morgan fingerprint density at radius 2 is 2.38 bits per heavy atom. The lowest BCUT2D eigenvalue weighted by Gasteiger charge is -2.06. The van der Waals surface area contributed by atoms with E-state index in [9.17, 15) is 5.11 Å². The van der Waals surface area contributed by atoms with Gasteiger partial charge in [0.2, 0.25) is 0 Å². The molecule has 0 saturated carbocycles. The predicted octanol–water partition coefficient (Wildman–Crippen LogP) is 2.39. The lowest BCUT2D eigenvalue weighted by Crippen LogP contribution is -1.93. The number of allylic oxidation sites excluding steroid dienone is 1. The fraction of sp³-hybridized carbons (Fsp3) is 0.333. The van der Waals surface area contributed by atoms with Crippen molar-refractivity contribution in [1.82, 2.24) is 0 Å². The van der Waals surface area contributed by atoms with Crippen LogP contribution in [0.2, 0.25) is 0 Å². The lowest BCUT2D eigenvalue weighted by atomic mass is 10.0. The van der Waals surface area contributed by atoms with Crippen LogP contribution in [0.25, 0.3) is 0 Å². The van der Waals surface area contributed by atoms with Gasteiger partial charge >= 0.3 is 0 Å². The maximum atomic E-state index is 9.65. The van der Waals surface area contributed by atoms with Crippen molar-refractivity contribution in [3.05, 3.63) is 47.5 Å². The fourth-order valence-corrected chi connectivity index (χ4v) is 2.05. The van der Waals surface area contributed by atoms with Gasteiger partial charge in [0.25, 0.3) is 0 Å². The van der Waals surface area contributed by atoms with Crippen molar-refractivity contribution in [3.8, 4) is 0 Å². The number of rotatable bonds is 2. The van der Waals surface area contributed by atoms with E-state index in [4.69, 9.17) is 0 Å². The molecule has 0 spiro atoms. The summed E-state index contributed by atoms with van der Waals surface area (Å²) in [5, 5.41) is 9.65. The van der Waals surface area contributed by atoms with Gasteiger partial charge in [-0.3, -0.25) is 0 Å². The Labute approximate surface area is 78.7 Å². The van der Waals surface area contributed by atoms with E-state index in [1.165, 1.54) is 11.1 Å². The Balaban J connectivity index is 2.44. The predicted molar refractivity (Wildman–Crippen MR) is 53.6 cm³/mol. The van der Waals surface area contributed by atoms with Gasteiger partial charge < -0.3 is 5.11 Å². The van der Waals surface area contributed by atoms with Crippen LogP contribution in [0.4, 0.5) is 0 Å². The van der Waals surface area contributed by atoms with Crippen LogP contribution in [0.5, 0.6) is 0 Å². The van der Waals surface area contributed by atoms with E-state index in [1.54, 1.807) is 0 Å². The Bertz CT molecular complexity index is 328. The van der Waals surface area contributed by atoms with Crippen LogP contribution in [-0.4, -0.2) is 5.11 Å². The molecule has 1 aliphatic carbocycles. The minimum atomic E-state index is -0.236. The van der Waals surface area contributed by atoms with Crippen molar-refractivity contribution in [2.24, 2.45) is 0 Å². The van der Waals surface area contributed by atoms with E-state index in [1.807, 2.05) is 18.2 Å². The zero-order valence-electron chi connectivity index (χ0n) is 7.66. The van der Waals surface area contributed by atoms with Gasteiger partial charge in [0.05, 0.1) is 6.10 Å². The SMILES string of the molecule is C=CCc1cccc2c1CC[C@@H]2O. The molecule has 1 N–H and O–H groups in total. The smallest absolute Gasteiger partial charge is 0.0796 e. The van der Waals surface area contributed by atoms with Crippen LogP contribution in [-0.2, 0) is 12.8 Å². The monoisotopic (exact) mass is 174 g/mol. The number of fused-ring (bicyclic) bond motifs is 1. The minimum absolute atomic E-state index is 0.236. The molecule has 2 rings (SSSR count). The molecule has 1 aliphatic rings. The van der Waals surface area contributed by atoms with Crippen molar-refractivity contribution >= 4 is 0 Å². The van der Waals surface area contributed by atoms with Crippen LogP contribution < -0.4 is 0 Å². The Kier molecular flexibility index (Phi) is 2.19. The lowest BCUT2D eigenvalue weighted by molar-refractivity contribution is 0.180. The summed E-state index contributed by atoms with van der Waals surface area (Å²) in [6.07, 6.45) is 4.49. The highest BCUT2D eigenvalue weighted by molar-refractivity contribution is 5.40. The molecule has 0 bridgehead atoms. The molecule has 0 unspecified atom stereocenters. The van der Waals surface area contributed by atoms with E-state index < -0.39 is 0 Å². The second kappa shape index (κ2) is 3.35. The number of benzene rings is 1. The highest BCUT2D eigenvalue weighted by atomic mass is 16.3. The van der Waals surface area contributed by atoms with Crippen molar-refractivity contribution in [1.29, 1.82) is 0 Å². The molecule has 0 fully saturated rings. The number of hydrogen-bond donors (Lipinski definition) is 1. The van der Waals surface area contributed by atoms with E-state index in [0.29, 0.717) is 0 Å². The summed E-state index contributed by atoms with van der Waals surface area (Å²) in [6, 6.07) is 6.17. The van der Waals surface area contributed by atoms with Gasteiger partial charge in [0.1, 0.15) is 0 Å². The molecule has 0 aliphatic heterocycles. The van der Waals surface area contributed by atoms with Gasteiger partial charge in [-0.2, -0.15) is 0 Å². The molecule has 0 amide bonds. The second-order valence-corrected chi connectivity index (χ2v) is 3.53. The first-order valence-electron chi connectivity index (χ1n) is 4.72. The summed E-state index contributed by atoms with van der Waals surface area (Å²) in [6.45, 7) is 3.74. The highest BCUT2D eigenvalue weighted by Gasteiger charge is 2.21. The van der Waals surface area contributed by atoms with Crippen molar-refractivity contribution < 1.29 is 5.11 Å². The third-order valence-electron chi connectivity index (χ3n) is 2.70. The first-order chi connectivity index (χ1) is 6.33. The van der Waals surface area contributed by atoms with Crippen molar-refractivity contribution in [2.45, 2.75) is 25.4 Å². The molecule has 13 heavy (non-hydrogen) atoms. The molecule has 1 atom stereocenters. The Hall–Kier alpha value is -1.08. The Morgan fingerprint density at radius 3 is 3.15 bits per heavy atom. The standard InChI is InChI=1S/C12H14O/c1-2-4-9-5-3-6-11-10(9)7-8-12(11)13/h2-3,5-6,12-13H,1,4,7-8H2/t12-/m0/s1. The number of hydrogen-bond acceptors (Lipinski definition) is 1. The topological polar surface area (TPSA) is 20.2 Å². The summed E-state index contributed by atoms with van der Waals surface area (Å²) >= 11 is 0. The van der Waals surface area contributed by atoms with Gasteiger partial charge in [0, 0.05) is 0 Å². The minimum Gasteiger partial charge on any atom is -0.388 e. The molecule has 0 radical (unpaired) electrons. The van der Waals surface area contributed by atoms with Crippen LogP contribution in [0.1, 0.15) is 29.2 Å². The number of aliphatic hydroxyl groups is 1. The first-order valence-corrected chi connectivity index (χ1v) is 4.72. The van der Waals surface area contributed by atoms with Gasteiger partial charge in [-0.1, -0.05) is 24.3 Å². The van der Waals surface area contributed by atoms with E-state index in [0.717, 1.165) is 24.8 Å². The van der Waals surface area contributed by atoms with Crippen molar-refractivity contribution in [2.75, 3.05) is 0 Å². The summed E-state index contributed by atoms with van der Waals surface area (Å²) in [5.41, 5.74) is 3.79. The summed E-state index contributed by atoms with van der Waals surface area (Å²) < 4.78 is 0. The highest BCUT2D eigenvalue weighted by Crippen LogP contribution is 2.33. The number of aliphatic hydroxyl groups excluding tert-OH is 1. The molecule has 0 saturated heterocycles. The largest absolute Gasteiger partial charge is 0.388 e. The third-order valence-corrected chi connectivity index (χ3v) is 2.70. The van der Waals surface area contributed by atoms with Crippen LogP contribution in [0.3, 0.4) is 0 Å². The van der Waals surface area contributed by atoms with Crippen LogP contribution in [0, 0.1) is 0 Å². The molecule has 1 heteroatoms. The average Bonchev–Trinajstić information content (AvgIpc) is 2.50. The summed E-state index contributed by atoms with van der Waals surface area (Å²) in [5.74, 6) is 0. The van der Waals surface area contributed by atoms with E-state index in [2.05, 4.69) is 12.6 Å². The molecule has 68 valence electrons. The molecule has 0 aromatic heterocycles. The van der Waals surface area contributed by atoms with Crippen LogP contribution in [0.15, 0.2) is 30.9 Å². The van der Waals surface area contributed by atoms with Gasteiger partial charge in [-0.25, -0.2) is 0 Å². The van der Waals surface area contributed by atoms with Gasteiger partial charge in [-0.15, -0.1) is 6.58 Å². The molecule has 0 heterocycles. The molecule has 1 aromatic carbocycles. The summed E-state index contributed by atoms with van der Waals surface area (Å²) in [4.78, 5) is 0. The second-order valence-electron chi connectivity index (χ2n) is 3.53. The van der Waals surface area contributed by atoms with Crippen LogP contribution >= 0.6 is 0 Å². The van der Waals surface area contributed by atoms with Gasteiger partial charge in [0.15, 0.2) is 0 Å². The molecular formula is C12H14O. The molecule has 1 nitrogen and oxygen atoms in total. The first kappa shape index (κ1) is 8.52. The van der Waals surface area contributed by atoms with E-state index in [-0.39, 0.29) is 6.10 Å². The zero-order chi connectivity index (χ0) is 9.26. The quantitative estimate of drug-likeness (QED) is 0.682. The third kappa shape index (κ3) is 1.40. The maximum absolute atomic E-state index is 9.65. The zero-order valence-corrected chi connectivity index (χ0v) is 7.66. The van der Waals surface area contributed by atoms with Gasteiger partial charge in [-0.05, 0) is 36.0 Å². The molecule has 1 aromatic rings. The Morgan fingerprint density at radius 1 is 1.54 bits per heavy atom.